The fraction of sp³-hybridized carbons (Fsp3) is 0.524. The number of aromatic nitrogens is 2. The SMILES string of the molecule is COCCCNC(=O)C1CCN(c2ncccc2-n2c(C)ccc2C)CC1. The van der Waals surface area contributed by atoms with E-state index in [0.717, 1.165) is 43.9 Å². The number of hydrogen-bond acceptors (Lipinski definition) is 4. The van der Waals surface area contributed by atoms with Crippen LogP contribution in [0.15, 0.2) is 30.5 Å². The molecule has 0 spiro atoms. The highest BCUT2D eigenvalue weighted by Crippen LogP contribution is 2.29. The van der Waals surface area contributed by atoms with Crippen LogP contribution in [0.2, 0.25) is 0 Å². The van der Waals surface area contributed by atoms with E-state index in [1.165, 1.54) is 11.4 Å². The first-order valence-electron chi connectivity index (χ1n) is 9.73. The number of anilines is 1. The van der Waals surface area contributed by atoms with E-state index >= 15 is 0 Å². The molecule has 0 unspecified atom stereocenters. The lowest BCUT2D eigenvalue weighted by molar-refractivity contribution is -0.125. The summed E-state index contributed by atoms with van der Waals surface area (Å²) in [5.41, 5.74) is 3.51. The minimum Gasteiger partial charge on any atom is -0.385 e. The predicted octanol–water partition coefficient (Wildman–Crippen LogP) is 2.86. The largest absolute Gasteiger partial charge is 0.385 e. The van der Waals surface area contributed by atoms with Gasteiger partial charge in [-0.3, -0.25) is 4.79 Å². The molecule has 0 bridgehead atoms. The molecule has 1 saturated heterocycles. The Morgan fingerprint density at radius 2 is 1.93 bits per heavy atom. The van der Waals surface area contributed by atoms with Crippen LogP contribution in [0.25, 0.3) is 5.69 Å². The molecule has 0 atom stereocenters. The van der Waals surface area contributed by atoms with Gasteiger partial charge < -0.3 is 19.5 Å². The summed E-state index contributed by atoms with van der Waals surface area (Å²) in [6, 6.07) is 8.37. The van der Waals surface area contributed by atoms with E-state index in [9.17, 15) is 4.79 Å². The summed E-state index contributed by atoms with van der Waals surface area (Å²) in [4.78, 5) is 19.3. The van der Waals surface area contributed by atoms with Crippen LogP contribution >= 0.6 is 0 Å². The summed E-state index contributed by atoms with van der Waals surface area (Å²) in [5, 5.41) is 3.03. The van der Waals surface area contributed by atoms with Gasteiger partial charge in [-0.05, 0) is 57.4 Å². The van der Waals surface area contributed by atoms with Gasteiger partial charge >= 0.3 is 0 Å². The molecule has 0 aromatic carbocycles. The Labute approximate surface area is 161 Å². The van der Waals surface area contributed by atoms with E-state index in [1.54, 1.807) is 7.11 Å². The molecule has 1 aliphatic rings. The van der Waals surface area contributed by atoms with Crippen LogP contribution in [-0.4, -0.2) is 48.8 Å². The molecule has 0 saturated carbocycles. The maximum atomic E-state index is 12.4. The molecule has 27 heavy (non-hydrogen) atoms. The third-order valence-corrected chi connectivity index (χ3v) is 5.27. The van der Waals surface area contributed by atoms with Crippen LogP contribution < -0.4 is 10.2 Å². The third kappa shape index (κ3) is 4.50. The van der Waals surface area contributed by atoms with Crippen LogP contribution in [0.1, 0.15) is 30.7 Å². The molecule has 1 aliphatic heterocycles. The van der Waals surface area contributed by atoms with Crippen LogP contribution in [0, 0.1) is 19.8 Å². The maximum Gasteiger partial charge on any atom is 0.223 e. The van der Waals surface area contributed by atoms with Crippen molar-refractivity contribution in [3.63, 3.8) is 0 Å². The lowest BCUT2D eigenvalue weighted by Gasteiger charge is -2.33. The molecular weight excluding hydrogens is 340 g/mol. The average Bonchev–Trinajstić information content (AvgIpc) is 3.03. The molecule has 146 valence electrons. The van der Waals surface area contributed by atoms with Gasteiger partial charge in [0.25, 0.3) is 0 Å². The van der Waals surface area contributed by atoms with Crippen molar-refractivity contribution < 1.29 is 9.53 Å². The fourth-order valence-corrected chi connectivity index (χ4v) is 3.78. The predicted molar refractivity (Wildman–Crippen MR) is 107 cm³/mol. The van der Waals surface area contributed by atoms with E-state index in [2.05, 4.69) is 51.8 Å². The minimum atomic E-state index is 0.0889. The van der Waals surface area contributed by atoms with Gasteiger partial charge in [-0.15, -0.1) is 0 Å². The van der Waals surface area contributed by atoms with Crippen LogP contribution in [0.5, 0.6) is 0 Å². The van der Waals surface area contributed by atoms with Crippen molar-refractivity contribution in [1.29, 1.82) is 0 Å². The van der Waals surface area contributed by atoms with E-state index in [-0.39, 0.29) is 11.8 Å². The van der Waals surface area contributed by atoms with Gasteiger partial charge in [0.1, 0.15) is 0 Å². The Kier molecular flexibility index (Phi) is 6.50. The lowest BCUT2D eigenvalue weighted by atomic mass is 9.95. The monoisotopic (exact) mass is 370 g/mol. The minimum absolute atomic E-state index is 0.0889. The number of amides is 1. The highest BCUT2D eigenvalue weighted by molar-refractivity contribution is 5.79. The lowest BCUT2D eigenvalue weighted by Crippen LogP contribution is -2.41. The third-order valence-electron chi connectivity index (χ3n) is 5.27. The molecule has 1 fully saturated rings. The van der Waals surface area contributed by atoms with Crippen LogP contribution in [0.4, 0.5) is 5.82 Å². The van der Waals surface area contributed by atoms with E-state index in [0.29, 0.717) is 13.2 Å². The van der Waals surface area contributed by atoms with Crippen molar-refractivity contribution in [2.75, 3.05) is 38.3 Å². The highest BCUT2D eigenvalue weighted by atomic mass is 16.5. The second kappa shape index (κ2) is 9.04. The van der Waals surface area contributed by atoms with Gasteiger partial charge in [-0.2, -0.15) is 0 Å². The Balaban J connectivity index is 1.65. The summed E-state index contributed by atoms with van der Waals surface area (Å²) in [6.45, 7) is 7.29. The van der Waals surface area contributed by atoms with Gasteiger partial charge in [-0.25, -0.2) is 4.98 Å². The number of rotatable bonds is 7. The standard InChI is InChI=1S/C21H30N4O2/c1-16-7-8-17(2)25(16)19-6-4-11-22-20(19)24-13-9-18(10-14-24)21(26)23-12-5-15-27-3/h4,6-8,11,18H,5,9-10,12-15H2,1-3H3,(H,23,26). The summed E-state index contributed by atoms with van der Waals surface area (Å²) < 4.78 is 7.27. The Bertz CT molecular complexity index is 744. The molecule has 2 aromatic heterocycles. The Hall–Kier alpha value is -2.34. The van der Waals surface area contributed by atoms with Gasteiger partial charge in [0.15, 0.2) is 5.82 Å². The van der Waals surface area contributed by atoms with Crippen molar-refractivity contribution >= 4 is 11.7 Å². The topological polar surface area (TPSA) is 59.4 Å². The second-order valence-electron chi connectivity index (χ2n) is 7.20. The number of aryl methyl sites for hydroxylation is 2. The van der Waals surface area contributed by atoms with E-state index in [4.69, 9.17) is 4.74 Å². The Morgan fingerprint density at radius 1 is 1.22 bits per heavy atom. The first-order valence-corrected chi connectivity index (χ1v) is 9.73. The molecule has 3 rings (SSSR count). The van der Waals surface area contributed by atoms with Crippen LogP contribution in [0.3, 0.4) is 0 Å². The quantitative estimate of drug-likeness (QED) is 0.762. The van der Waals surface area contributed by atoms with E-state index < -0.39 is 0 Å². The van der Waals surface area contributed by atoms with Gasteiger partial charge in [0.05, 0.1) is 5.69 Å². The van der Waals surface area contributed by atoms with Crippen molar-refractivity contribution in [3.8, 4) is 5.69 Å². The van der Waals surface area contributed by atoms with Crippen molar-refractivity contribution in [1.82, 2.24) is 14.9 Å². The van der Waals surface area contributed by atoms with Gasteiger partial charge in [0, 0.05) is 56.9 Å². The van der Waals surface area contributed by atoms with Gasteiger partial charge in [-0.1, -0.05) is 0 Å². The van der Waals surface area contributed by atoms with Gasteiger partial charge in [0.2, 0.25) is 5.91 Å². The number of hydrogen-bond donors (Lipinski definition) is 1. The summed E-state index contributed by atoms with van der Waals surface area (Å²) in [6.07, 6.45) is 4.42. The number of pyridine rings is 1. The summed E-state index contributed by atoms with van der Waals surface area (Å²) in [5.74, 6) is 1.26. The number of carbonyl (C=O) groups is 1. The number of piperidine rings is 1. The summed E-state index contributed by atoms with van der Waals surface area (Å²) in [7, 11) is 1.68. The zero-order valence-corrected chi connectivity index (χ0v) is 16.6. The number of nitrogens with zero attached hydrogens (tertiary/aromatic N) is 3. The molecular formula is C21H30N4O2. The average molecular weight is 370 g/mol. The van der Waals surface area contributed by atoms with Crippen molar-refractivity contribution in [2.24, 2.45) is 5.92 Å². The summed E-state index contributed by atoms with van der Waals surface area (Å²) >= 11 is 0. The number of methoxy groups -OCH3 is 1. The highest BCUT2D eigenvalue weighted by Gasteiger charge is 2.27. The number of carbonyl (C=O) groups excluding carboxylic acids is 1. The smallest absolute Gasteiger partial charge is 0.223 e. The Morgan fingerprint density at radius 3 is 2.59 bits per heavy atom. The number of nitrogens with one attached hydrogen (secondary N) is 1. The zero-order valence-electron chi connectivity index (χ0n) is 16.6. The van der Waals surface area contributed by atoms with Crippen molar-refractivity contribution in [3.05, 3.63) is 41.9 Å². The molecule has 0 aliphatic carbocycles. The van der Waals surface area contributed by atoms with E-state index in [1.807, 2.05) is 12.3 Å². The molecule has 3 heterocycles. The van der Waals surface area contributed by atoms with Crippen molar-refractivity contribution in [2.45, 2.75) is 33.1 Å². The zero-order chi connectivity index (χ0) is 19.2. The molecule has 1 amide bonds. The molecule has 1 N–H and O–H groups in total. The fourth-order valence-electron chi connectivity index (χ4n) is 3.78. The molecule has 2 aromatic rings. The number of ether oxygens (including phenoxy) is 1. The first kappa shape index (κ1) is 19.4. The van der Waals surface area contributed by atoms with Crippen LogP contribution in [-0.2, 0) is 9.53 Å². The maximum absolute atomic E-state index is 12.4. The molecule has 6 heteroatoms. The molecule has 0 radical (unpaired) electrons. The molecule has 6 nitrogen and oxygen atoms in total. The first-order chi connectivity index (χ1) is 13.1. The second-order valence-corrected chi connectivity index (χ2v) is 7.20. The normalized spacial score (nSPS) is 15.1.